The van der Waals surface area contributed by atoms with E-state index in [9.17, 15) is 0 Å². The second-order valence-electron chi connectivity index (χ2n) is 5.08. The van der Waals surface area contributed by atoms with Gasteiger partial charge in [-0.15, -0.1) is 0 Å². The van der Waals surface area contributed by atoms with E-state index in [4.69, 9.17) is 10.9 Å². The van der Waals surface area contributed by atoms with Gasteiger partial charge >= 0.3 is 0 Å². The van der Waals surface area contributed by atoms with Crippen molar-refractivity contribution in [3.8, 4) is 0 Å². The second kappa shape index (κ2) is 5.99. The van der Waals surface area contributed by atoms with E-state index in [2.05, 4.69) is 33.9 Å². The van der Waals surface area contributed by atoms with Crippen molar-refractivity contribution >= 4 is 5.84 Å². The average molecular weight is 263 g/mol. The van der Waals surface area contributed by atoms with Crippen LogP contribution < -0.4 is 5.73 Å². The zero-order chi connectivity index (χ0) is 13.8. The molecule has 19 heavy (non-hydrogen) atoms. The maximum absolute atomic E-state index is 8.81. The maximum Gasteiger partial charge on any atom is 0.189 e. The fraction of sp³-hybridized carbons (Fsp3) is 0.538. The number of hydrogen-bond acceptors (Lipinski definition) is 5. The van der Waals surface area contributed by atoms with E-state index in [1.807, 2.05) is 12.1 Å². The van der Waals surface area contributed by atoms with Gasteiger partial charge in [-0.1, -0.05) is 11.2 Å². The first kappa shape index (κ1) is 13.8. The molecule has 2 rings (SSSR count). The lowest BCUT2D eigenvalue weighted by molar-refractivity contribution is 0.0937. The molecule has 1 aromatic heterocycles. The summed E-state index contributed by atoms with van der Waals surface area (Å²) in [5.74, 6) is 0.0670. The first-order valence-electron chi connectivity index (χ1n) is 6.46. The Morgan fingerprint density at radius 2 is 2.37 bits per heavy atom. The monoisotopic (exact) mass is 263 g/mol. The molecule has 1 aromatic rings. The third-order valence-corrected chi connectivity index (χ3v) is 3.58. The minimum atomic E-state index is 0.0670. The molecule has 0 aromatic carbocycles. The predicted molar refractivity (Wildman–Crippen MR) is 74.1 cm³/mol. The van der Waals surface area contributed by atoms with Gasteiger partial charge in [0.05, 0.1) is 0 Å². The third-order valence-electron chi connectivity index (χ3n) is 3.58. The van der Waals surface area contributed by atoms with Crippen molar-refractivity contribution in [3.05, 3.63) is 29.6 Å². The van der Waals surface area contributed by atoms with Gasteiger partial charge in [0.15, 0.2) is 5.84 Å². The van der Waals surface area contributed by atoms with Gasteiger partial charge in [0.2, 0.25) is 0 Å². The van der Waals surface area contributed by atoms with E-state index in [1.165, 1.54) is 0 Å². The largest absolute Gasteiger partial charge is 0.409 e. The minimum absolute atomic E-state index is 0.0670. The van der Waals surface area contributed by atoms with Gasteiger partial charge in [-0.25, -0.2) is 0 Å². The molecule has 0 saturated carbocycles. The van der Waals surface area contributed by atoms with Crippen LogP contribution in [0.5, 0.6) is 0 Å². The number of piperazine rings is 1. The van der Waals surface area contributed by atoms with Crippen LogP contribution in [0.1, 0.15) is 18.2 Å². The molecule has 0 spiro atoms. The second-order valence-corrected chi connectivity index (χ2v) is 5.08. The molecule has 1 fully saturated rings. The van der Waals surface area contributed by atoms with E-state index in [1.54, 1.807) is 6.20 Å². The topological polar surface area (TPSA) is 78.0 Å². The molecule has 1 saturated heterocycles. The maximum atomic E-state index is 8.81. The van der Waals surface area contributed by atoms with Crippen molar-refractivity contribution in [2.75, 3.05) is 26.7 Å². The van der Waals surface area contributed by atoms with Gasteiger partial charge in [-0.3, -0.25) is 9.88 Å². The molecule has 0 amide bonds. The Morgan fingerprint density at radius 1 is 1.58 bits per heavy atom. The summed E-state index contributed by atoms with van der Waals surface area (Å²) in [6.45, 7) is 6.12. The summed E-state index contributed by atoms with van der Waals surface area (Å²) in [5.41, 5.74) is 7.23. The number of hydrogen-bond donors (Lipinski definition) is 2. The van der Waals surface area contributed by atoms with Crippen LogP contribution in [0.2, 0.25) is 0 Å². The first-order chi connectivity index (χ1) is 9.11. The smallest absolute Gasteiger partial charge is 0.189 e. The number of likely N-dealkylation sites (N-methyl/N-ethyl adjacent to an activating group) is 1. The molecule has 0 radical (unpaired) electrons. The molecule has 1 aliphatic heterocycles. The summed E-state index contributed by atoms with van der Waals surface area (Å²) in [5, 5.41) is 11.9. The van der Waals surface area contributed by atoms with E-state index in [0.717, 1.165) is 31.7 Å². The molecule has 1 unspecified atom stereocenters. The van der Waals surface area contributed by atoms with Crippen molar-refractivity contribution in [2.24, 2.45) is 10.9 Å². The summed E-state index contributed by atoms with van der Waals surface area (Å²) in [7, 11) is 2.14. The third kappa shape index (κ3) is 3.21. The molecule has 0 bridgehead atoms. The highest BCUT2D eigenvalue weighted by Crippen LogP contribution is 2.14. The molecule has 1 aliphatic rings. The fourth-order valence-corrected chi connectivity index (χ4v) is 2.48. The Morgan fingerprint density at radius 3 is 3.05 bits per heavy atom. The van der Waals surface area contributed by atoms with Gasteiger partial charge in [-0.2, -0.15) is 0 Å². The number of pyridine rings is 1. The Balaban J connectivity index is 2.15. The van der Waals surface area contributed by atoms with E-state index < -0.39 is 0 Å². The number of nitrogens with zero attached hydrogens (tertiary/aromatic N) is 4. The van der Waals surface area contributed by atoms with Gasteiger partial charge in [0.25, 0.3) is 0 Å². The van der Waals surface area contributed by atoms with Crippen LogP contribution in [0.25, 0.3) is 0 Å². The van der Waals surface area contributed by atoms with Crippen molar-refractivity contribution in [1.82, 2.24) is 14.8 Å². The summed E-state index contributed by atoms with van der Waals surface area (Å²) in [4.78, 5) is 8.92. The number of amidine groups is 1. The van der Waals surface area contributed by atoms with Crippen LogP contribution in [0, 0.1) is 0 Å². The molecule has 104 valence electrons. The highest BCUT2D eigenvalue weighted by atomic mass is 16.4. The Hall–Kier alpha value is -1.66. The van der Waals surface area contributed by atoms with Crippen molar-refractivity contribution in [1.29, 1.82) is 0 Å². The van der Waals surface area contributed by atoms with Gasteiger partial charge in [0, 0.05) is 38.4 Å². The predicted octanol–water partition coefficient (Wildman–Crippen LogP) is 0.312. The molecule has 0 aliphatic carbocycles. The first-order valence-corrected chi connectivity index (χ1v) is 6.46. The van der Waals surface area contributed by atoms with Crippen LogP contribution in [0.3, 0.4) is 0 Å². The van der Waals surface area contributed by atoms with Crippen molar-refractivity contribution in [3.63, 3.8) is 0 Å². The lowest BCUT2D eigenvalue weighted by Gasteiger charge is -2.38. The number of oxime groups is 1. The van der Waals surface area contributed by atoms with E-state index >= 15 is 0 Å². The van der Waals surface area contributed by atoms with Crippen LogP contribution in [-0.2, 0) is 6.54 Å². The van der Waals surface area contributed by atoms with Gasteiger partial charge in [0.1, 0.15) is 5.69 Å². The van der Waals surface area contributed by atoms with Crippen LogP contribution in [0.4, 0.5) is 0 Å². The average Bonchev–Trinajstić information content (AvgIpc) is 2.41. The quantitative estimate of drug-likeness (QED) is 0.355. The highest BCUT2D eigenvalue weighted by Gasteiger charge is 2.22. The minimum Gasteiger partial charge on any atom is -0.409 e. The van der Waals surface area contributed by atoms with E-state index in [-0.39, 0.29) is 5.84 Å². The van der Waals surface area contributed by atoms with Gasteiger partial charge < -0.3 is 15.8 Å². The van der Waals surface area contributed by atoms with Crippen LogP contribution >= 0.6 is 0 Å². The lowest BCUT2D eigenvalue weighted by Crippen LogP contribution is -2.50. The summed E-state index contributed by atoms with van der Waals surface area (Å²) < 4.78 is 0. The summed E-state index contributed by atoms with van der Waals surface area (Å²) in [6.07, 6.45) is 1.66. The van der Waals surface area contributed by atoms with Crippen LogP contribution in [0.15, 0.2) is 23.5 Å². The molecule has 6 heteroatoms. The SMILES string of the molecule is CC1CN(C)CCN1Cc1cccnc1/C(N)=N/O. The molecule has 1 atom stereocenters. The Kier molecular flexibility index (Phi) is 4.34. The summed E-state index contributed by atoms with van der Waals surface area (Å²) in [6, 6.07) is 4.34. The lowest BCUT2D eigenvalue weighted by atomic mass is 10.1. The van der Waals surface area contributed by atoms with Gasteiger partial charge in [-0.05, 0) is 25.6 Å². The fourth-order valence-electron chi connectivity index (χ4n) is 2.48. The Bertz CT molecular complexity index is 462. The normalized spacial score (nSPS) is 22.6. The molecule has 2 heterocycles. The van der Waals surface area contributed by atoms with E-state index in [0.29, 0.717) is 11.7 Å². The van der Waals surface area contributed by atoms with Crippen LogP contribution in [-0.4, -0.2) is 58.6 Å². The number of rotatable bonds is 3. The number of nitrogens with two attached hydrogens (primary N) is 1. The molecule has 3 N–H and O–H groups in total. The standard InChI is InChI=1S/C13H21N5O/c1-10-8-17(2)6-7-18(10)9-11-4-3-5-15-12(11)13(14)16-19/h3-5,10,19H,6-9H2,1-2H3,(H2,14,16). The number of aromatic nitrogens is 1. The zero-order valence-electron chi connectivity index (χ0n) is 11.5. The molecular weight excluding hydrogens is 242 g/mol. The van der Waals surface area contributed by atoms with Crippen molar-refractivity contribution < 1.29 is 5.21 Å². The molecular formula is C13H21N5O. The molecule has 6 nitrogen and oxygen atoms in total. The Labute approximate surface area is 113 Å². The zero-order valence-corrected chi connectivity index (χ0v) is 11.5. The highest BCUT2D eigenvalue weighted by molar-refractivity contribution is 5.96. The van der Waals surface area contributed by atoms with Crippen molar-refractivity contribution in [2.45, 2.75) is 19.5 Å². The summed E-state index contributed by atoms with van der Waals surface area (Å²) >= 11 is 0.